The number of nitrogens with zero attached hydrogens (tertiary/aromatic N) is 1. The molecule has 0 unspecified atom stereocenters. The van der Waals surface area contributed by atoms with Gasteiger partial charge in [-0.3, -0.25) is 9.79 Å². The molecule has 1 aromatic rings. The van der Waals surface area contributed by atoms with Crippen LogP contribution in [-0.4, -0.2) is 12.5 Å². The standard InChI is InChI=1S/C10H9NO/c12-7-8-1-2-10-6-11-4-3-9(10)5-8/h1-2,4-5,7H,3,6H2. The lowest BCUT2D eigenvalue weighted by Gasteiger charge is -2.09. The van der Waals surface area contributed by atoms with Crippen LogP contribution in [0.25, 0.3) is 0 Å². The van der Waals surface area contributed by atoms with Gasteiger partial charge in [0.1, 0.15) is 6.29 Å². The van der Waals surface area contributed by atoms with Crippen molar-refractivity contribution in [1.82, 2.24) is 0 Å². The molecule has 1 aromatic carbocycles. The fraction of sp³-hybridized carbons (Fsp3) is 0.200. The van der Waals surface area contributed by atoms with E-state index in [1.807, 2.05) is 24.4 Å². The van der Waals surface area contributed by atoms with Crippen molar-refractivity contribution in [2.75, 3.05) is 0 Å². The number of carbonyl (C=O) groups excluding carboxylic acids is 1. The smallest absolute Gasteiger partial charge is 0.150 e. The molecule has 0 radical (unpaired) electrons. The molecule has 12 heavy (non-hydrogen) atoms. The molecule has 2 heteroatoms. The van der Waals surface area contributed by atoms with E-state index in [9.17, 15) is 4.79 Å². The van der Waals surface area contributed by atoms with E-state index < -0.39 is 0 Å². The van der Waals surface area contributed by atoms with Crippen molar-refractivity contribution in [3.05, 3.63) is 34.9 Å². The zero-order chi connectivity index (χ0) is 8.39. The van der Waals surface area contributed by atoms with E-state index >= 15 is 0 Å². The Hall–Kier alpha value is -1.44. The second kappa shape index (κ2) is 2.89. The van der Waals surface area contributed by atoms with Crippen molar-refractivity contribution < 1.29 is 4.79 Å². The summed E-state index contributed by atoms with van der Waals surface area (Å²) < 4.78 is 0. The predicted molar refractivity (Wildman–Crippen MR) is 47.7 cm³/mol. The summed E-state index contributed by atoms with van der Waals surface area (Å²) in [6.07, 6.45) is 3.64. The highest BCUT2D eigenvalue weighted by atomic mass is 16.1. The number of hydrogen-bond acceptors (Lipinski definition) is 2. The molecule has 0 aromatic heterocycles. The number of benzene rings is 1. The summed E-state index contributed by atoms with van der Waals surface area (Å²) >= 11 is 0. The Morgan fingerprint density at radius 3 is 3.08 bits per heavy atom. The highest BCUT2D eigenvalue weighted by Gasteiger charge is 2.05. The van der Waals surface area contributed by atoms with E-state index in [1.54, 1.807) is 0 Å². The number of fused-ring (bicyclic) bond motifs is 1. The first-order valence-electron chi connectivity index (χ1n) is 3.95. The fourth-order valence-corrected chi connectivity index (χ4v) is 1.39. The molecular formula is C10H9NO. The van der Waals surface area contributed by atoms with Gasteiger partial charge >= 0.3 is 0 Å². The van der Waals surface area contributed by atoms with Crippen LogP contribution in [0.4, 0.5) is 0 Å². The Morgan fingerprint density at radius 2 is 2.25 bits per heavy atom. The maximum Gasteiger partial charge on any atom is 0.150 e. The minimum atomic E-state index is 0.754. The molecule has 0 fully saturated rings. The second-order valence-corrected chi connectivity index (χ2v) is 2.87. The Balaban J connectivity index is 2.46. The Labute approximate surface area is 70.9 Å². The normalized spacial score (nSPS) is 14.0. The predicted octanol–water partition coefficient (Wildman–Crippen LogP) is 1.63. The van der Waals surface area contributed by atoms with E-state index in [4.69, 9.17) is 0 Å². The third-order valence-electron chi connectivity index (χ3n) is 2.07. The number of carbonyl (C=O) groups is 1. The van der Waals surface area contributed by atoms with Gasteiger partial charge in [-0.15, -0.1) is 0 Å². The van der Waals surface area contributed by atoms with Gasteiger partial charge < -0.3 is 0 Å². The van der Waals surface area contributed by atoms with Crippen LogP contribution < -0.4 is 0 Å². The largest absolute Gasteiger partial charge is 0.298 e. The molecule has 0 spiro atoms. The maximum absolute atomic E-state index is 10.5. The van der Waals surface area contributed by atoms with Gasteiger partial charge in [-0.25, -0.2) is 0 Å². The van der Waals surface area contributed by atoms with Crippen LogP contribution in [0, 0.1) is 0 Å². The van der Waals surface area contributed by atoms with Gasteiger partial charge in [0.2, 0.25) is 0 Å². The molecule has 1 aliphatic rings. The lowest BCUT2D eigenvalue weighted by atomic mass is 10.0. The molecule has 0 amide bonds. The number of aldehydes is 1. The molecule has 0 saturated heterocycles. The number of hydrogen-bond donors (Lipinski definition) is 0. The third kappa shape index (κ3) is 1.16. The third-order valence-corrected chi connectivity index (χ3v) is 2.07. The molecule has 0 saturated carbocycles. The maximum atomic E-state index is 10.5. The monoisotopic (exact) mass is 159 g/mol. The van der Waals surface area contributed by atoms with Gasteiger partial charge in [0, 0.05) is 18.2 Å². The minimum Gasteiger partial charge on any atom is -0.298 e. The second-order valence-electron chi connectivity index (χ2n) is 2.87. The molecule has 1 heterocycles. The SMILES string of the molecule is O=Cc1ccc2c(c1)CC=NC2. The van der Waals surface area contributed by atoms with Gasteiger partial charge in [0.05, 0.1) is 6.54 Å². The summed E-state index contributed by atoms with van der Waals surface area (Å²) in [5, 5.41) is 0. The van der Waals surface area contributed by atoms with Gasteiger partial charge in [0.15, 0.2) is 0 Å². The zero-order valence-electron chi connectivity index (χ0n) is 6.66. The van der Waals surface area contributed by atoms with Crippen LogP contribution in [0.3, 0.4) is 0 Å². The van der Waals surface area contributed by atoms with Crippen molar-refractivity contribution in [1.29, 1.82) is 0 Å². The van der Waals surface area contributed by atoms with Crippen LogP contribution in [0.5, 0.6) is 0 Å². The zero-order valence-corrected chi connectivity index (χ0v) is 6.66. The summed E-state index contributed by atoms with van der Waals surface area (Å²) in [4.78, 5) is 14.6. The summed E-state index contributed by atoms with van der Waals surface area (Å²) in [6, 6.07) is 5.76. The summed E-state index contributed by atoms with van der Waals surface area (Å²) in [5.41, 5.74) is 3.22. The van der Waals surface area contributed by atoms with Crippen LogP contribution in [0.1, 0.15) is 21.5 Å². The van der Waals surface area contributed by atoms with E-state index in [0.29, 0.717) is 0 Å². The average Bonchev–Trinajstić information content (AvgIpc) is 2.17. The molecule has 0 atom stereocenters. The quantitative estimate of drug-likeness (QED) is 0.572. The van der Waals surface area contributed by atoms with E-state index in [2.05, 4.69) is 4.99 Å². The van der Waals surface area contributed by atoms with Crippen LogP contribution in [0.15, 0.2) is 23.2 Å². The molecule has 0 bridgehead atoms. The Bertz CT molecular complexity index is 342. The lowest BCUT2D eigenvalue weighted by Crippen LogP contribution is -2.01. The van der Waals surface area contributed by atoms with Crippen molar-refractivity contribution in [2.24, 2.45) is 4.99 Å². The van der Waals surface area contributed by atoms with Crippen LogP contribution in [-0.2, 0) is 13.0 Å². The van der Waals surface area contributed by atoms with E-state index in [0.717, 1.165) is 24.8 Å². The van der Waals surface area contributed by atoms with Crippen molar-refractivity contribution in [2.45, 2.75) is 13.0 Å². The van der Waals surface area contributed by atoms with E-state index in [-0.39, 0.29) is 0 Å². The number of rotatable bonds is 1. The summed E-state index contributed by atoms with van der Waals surface area (Å²) in [6.45, 7) is 0.758. The van der Waals surface area contributed by atoms with Gasteiger partial charge in [-0.2, -0.15) is 0 Å². The fourth-order valence-electron chi connectivity index (χ4n) is 1.39. The topological polar surface area (TPSA) is 29.4 Å². The first-order chi connectivity index (χ1) is 5.90. The Morgan fingerprint density at radius 1 is 1.33 bits per heavy atom. The summed E-state index contributed by atoms with van der Waals surface area (Å²) in [7, 11) is 0. The first-order valence-corrected chi connectivity index (χ1v) is 3.95. The highest BCUT2D eigenvalue weighted by Crippen LogP contribution is 2.15. The Kier molecular flexibility index (Phi) is 1.74. The molecule has 2 rings (SSSR count). The number of aliphatic imine (C=N–C) groups is 1. The molecular weight excluding hydrogens is 150 g/mol. The molecule has 0 aliphatic carbocycles. The molecule has 0 N–H and O–H groups in total. The summed E-state index contributed by atoms with van der Waals surface area (Å²) in [5.74, 6) is 0. The van der Waals surface area contributed by atoms with Crippen LogP contribution >= 0.6 is 0 Å². The first kappa shape index (κ1) is 7.22. The van der Waals surface area contributed by atoms with Crippen molar-refractivity contribution >= 4 is 12.5 Å². The average molecular weight is 159 g/mol. The molecule has 1 aliphatic heterocycles. The minimum absolute atomic E-state index is 0.754. The molecule has 2 nitrogen and oxygen atoms in total. The molecule has 60 valence electrons. The van der Waals surface area contributed by atoms with Crippen molar-refractivity contribution in [3.63, 3.8) is 0 Å². The van der Waals surface area contributed by atoms with Gasteiger partial charge in [-0.05, 0) is 17.2 Å². The van der Waals surface area contributed by atoms with E-state index in [1.165, 1.54) is 11.1 Å². The van der Waals surface area contributed by atoms with Gasteiger partial charge in [-0.1, -0.05) is 12.1 Å². The van der Waals surface area contributed by atoms with Gasteiger partial charge in [0.25, 0.3) is 0 Å². The highest BCUT2D eigenvalue weighted by molar-refractivity contribution is 5.76. The van der Waals surface area contributed by atoms with Crippen LogP contribution in [0.2, 0.25) is 0 Å². The lowest BCUT2D eigenvalue weighted by molar-refractivity contribution is 0.112. The van der Waals surface area contributed by atoms with Crippen molar-refractivity contribution in [3.8, 4) is 0 Å².